The second-order valence-electron chi connectivity index (χ2n) is 8.09. The van der Waals surface area contributed by atoms with Crippen molar-refractivity contribution in [2.75, 3.05) is 13.1 Å². The third kappa shape index (κ3) is 5.03. The lowest BCUT2D eigenvalue weighted by molar-refractivity contribution is -0.116. The van der Waals surface area contributed by atoms with E-state index in [0.717, 1.165) is 55.7 Å². The molecule has 2 aromatic carbocycles. The average molecular weight is 417 g/mol. The molecule has 6 nitrogen and oxygen atoms in total. The zero-order chi connectivity index (χ0) is 21.8. The Labute approximate surface area is 182 Å². The van der Waals surface area contributed by atoms with E-state index in [4.69, 9.17) is 5.73 Å². The van der Waals surface area contributed by atoms with E-state index in [1.54, 1.807) is 0 Å². The minimum absolute atomic E-state index is 0.416. The first-order chi connectivity index (χ1) is 15.0. The van der Waals surface area contributed by atoms with Gasteiger partial charge in [0.1, 0.15) is 0 Å². The summed E-state index contributed by atoms with van der Waals surface area (Å²) in [6.45, 7) is 2.89. The van der Waals surface area contributed by atoms with Gasteiger partial charge in [0.05, 0.1) is 5.69 Å². The van der Waals surface area contributed by atoms with E-state index in [2.05, 4.69) is 34.4 Å². The van der Waals surface area contributed by atoms with Crippen molar-refractivity contribution in [3.05, 3.63) is 82.7 Å². The Kier molecular flexibility index (Phi) is 6.18. The number of aliphatic hydroxyl groups excluding tert-OH is 1. The number of aliphatic hydroxyl groups is 1. The van der Waals surface area contributed by atoms with Crippen LogP contribution in [-0.4, -0.2) is 38.8 Å². The Morgan fingerprint density at radius 2 is 2.00 bits per heavy atom. The molecule has 3 N–H and O–H groups in total. The van der Waals surface area contributed by atoms with Crippen molar-refractivity contribution in [3.63, 3.8) is 0 Å². The molecule has 0 fully saturated rings. The Morgan fingerprint density at radius 1 is 1.19 bits per heavy atom. The van der Waals surface area contributed by atoms with Gasteiger partial charge in [0.2, 0.25) is 0 Å². The summed E-state index contributed by atoms with van der Waals surface area (Å²) >= 11 is 0. The SMILES string of the molecule is Cn1cc(CCN2CCCc3cc(/C=C(\O)C(N)=O)ccc3C2)c(-c2ccccc2)n1. The molecule has 0 radical (unpaired) electrons. The van der Waals surface area contributed by atoms with Crippen LogP contribution < -0.4 is 5.73 Å². The smallest absolute Gasteiger partial charge is 0.283 e. The highest BCUT2D eigenvalue weighted by atomic mass is 16.3. The lowest BCUT2D eigenvalue weighted by Gasteiger charge is -2.20. The Morgan fingerprint density at radius 3 is 2.77 bits per heavy atom. The minimum atomic E-state index is -0.814. The first kappa shape index (κ1) is 20.9. The molecule has 6 heteroatoms. The molecule has 0 spiro atoms. The number of aryl methyl sites for hydroxylation is 2. The zero-order valence-corrected chi connectivity index (χ0v) is 17.8. The van der Waals surface area contributed by atoms with Crippen LogP contribution in [0.3, 0.4) is 0 Å². The molecule has 31 heavy (non-hydrogen) atoms. The standard InChI is InChI=1S/C25H28N4O2/c1-28-16-22(24(27-28)19-6-3-2-4-7-19)11-13-29-12-5-8-20-14-18(9-10-21(20)17-29)15-23(30)25(26)31/h2-4,6-7,9-10,14-16,30H,5,8,11-13,17H2,1H3,(H2,26,31)/b23-15-. The van der Waals surface area contributed by atoms with E-state index in [1.165, 1.54) is 22.8 Å². The minimum Gasteiger partial charge on any atom is -0.503 e. The number of amides is 1. The number of hydrogen-bond donors (Lipinski definition) is 2. The maximum Gasteiger partial charge on any atom is 0.283 e. The van der Waals surface area contributed by atoms with E-state index in [-0.39, 0.29) is 0 Å². The number of carbonyl (C=O) groups excluding carboxylic acids is 1. The molecule has 1 amide bonds. The van der Waals surface area contributed by atoms with Crippen molar-refractivity contribution in [1.82, 2.24) is 14.7 Å². The lowest BCUT2D eigenvalue weighted by Crippen LogP contribution is -2.25. The van der Waals surface area contributed by atoms with Gasteiger partial charge in [-0.2, -0.15) is 5.10 Å². The van der Waals surface area contributed by atoms with Gasteiger partial charge in [-0.15, -0.1) is 0 Å². The van der Waals surface area contributed by atoms with Crippen LogP contribution in [0.2, 0.25) is 0 Å². The molecule has 1 aliphatic heterocycles. The molecule has 2 heterocycles. The van der Waals surface area contributed by atoms with E-state index in [1.807, 2.05) is 42.1 Å². The fourth-order valence-electron chi connectivity index (χ4n) is 4.19. The zero-order valence-electron chi connectivity index (χ0n) is 17.8. The highest BCUT2D eigenvalue weighted by Crippen LogP contribution is 2.24. The first-order valence-electron chi connectivity index (χ1n) is 10.6. The van der Waals surface area contributed by atoms with Gasteiger partial charge in [0, 0.05) is 31.9 Å². The highest BCUT2D eigenvalue weighted by molar-refractivity contribution is 5.94. The summed E-state index contributed by atoms with van der Waals surface area (Å²) < 4.78 is 1.89. The van der Waals surface area contributed by atoms with Crippen molar-refractivity contribution in [3.8, 4) is 11.3 Å². The molecule has 0 bridgehead atoms. The second kappa shape index (κ2) is 9.18. The average Bonchev–Trinajstić information content (AvgIpc) is 3.01. The molecule has 3 aromatic rings. The number of benzene rings is 2. The van der Waals surface area contributed by atoms with Crippen LogP contribution in [0.4, 0.5) is 0 Å². The van der Waals surface area contributed by atoms with Crippen LogP contribution in [0, 0.1) is 0 Å². The van der Waals surface area contributed by atoms with E-state index in [0.29, 0.717) is 0 Å². The lowest BCUT2D eigenvalue weighted by atomic mass is 10.0. The van der Waals surface area contributed by atoms with Crippen LogP contribution in [0.15, 0.2) is 60.5 Å². The largest absolute Gasteiger partial charge is 0.503 e. The summed E-state index contributed by atoms with van der Waals surface area (Å²) in [6.07, 6.45) is 6.55. The molecule has 1 aliphatic rings. The number of nitrogens with two attached hydrogens (primary N) is 1. The number of hydrogen-bond acceptors (Lipinski definition) is 4. The van der Waals surface area contributed by atoms with E-state index >= 15 is 0 Å². The Balaban J connectivity index is 1.46. The quantitative estimate of drug-likeness (QED) is 0.476. The number of aromatic nitrogens is 2. The fraction of sp³-hybridized carbons (Fsp3) is 0.280. The van der Waals surface area contributed by atoms with Gasteiger partial charge in [0.15, 0.2) is 5.76 Å². The number of carbonyl (C=O) groups is 1. The molecule has 0 unspecified atom stereocenters. The summed E-state index contributed by atoms with van der Waals surface area (Å²) in [5.41, 5.74) is 12.0. The molecule has 0 aliphatic carbocycles. The summed E-state index contributed by atoms with van der Waals surface area (Å²) in [7, 11) is 1.97. The maximum absolute atomic E-state index is 11.1. The monoisotopic (exact) mass is 416 g/mol. The van der Waals surface area contributed by atoms with Gasteiger partial charge in [0.25, 0.3) is 5.91 Å². The predicted octanol–water partition coefficient (Wildman–Crippen LogP) is 3.46. The number of fused-ring (bicyclic) bond motifs is 1. The van der Waals surface area contributed by atoms with Gasteiger partial charge in [-0.3, -0.25) is 14.4 Å². The van der Waals surface area contributed by atoms with Crippen molar-refractivity contribution in [2.24, 2.45) is 12.8 Å². The molecule has 1 aromatic heterocycles. The number of nitrogens with zero attached hydrogens (tertiary/aromatic N) is 3. The third-order valence-electron chi connectivity index (χ3n) is 5.75. The molecule has 0 atom stereocenters. The van der Waals surface area contributed by atoms with Crippen LogP contribution >= 0.6 is 0 Å². The number of rotatable bonds is 6. The Hall–Kier alpha value is -3.38. The normalized spacial score (nSPS) is 14.8. The Bertz CT molecular complexity index is 1100. The molecule has 0 saturated heterocycles. The summed E-state index contributed by atoms with van der Waals surface area (Å²) in [5, 5.41) is 14.3. The summed E-state index contributed by atoms with van der Waals surface area (Å²) in [4.78, 5) is 13.6. The second-order valence-corrected chi connectivity index (χ2v) is 8.09. The van der Waals surface area contributed by atoms with Crippen molar-refractivity contribution >= 4 is 12.0 Å². The highest BCUT2D eigenvalue weighted by Gasteiger charge is 2.17. The van der Waals surface area contributed by atoms with E-state index < -0.39 is 11.7 Å². The van der Waals surface area contributed by atoms with Gasteiger partial charge < -0.3 is 10.8 Å². The van der Waals surface area contributed by atoms with Gasteiger partial charge in [-0.05, 0) is 54.1 Å². The summed E-state index contributed by atoms with van der Waals surface area (Å²) in [5.74, 6) is -1.23. The first-order valence-corrected chi connectivity index (χ1v) is 10.6. The van der Waals surface area contributed by atoms with E-state index in [9.17, 15) is 9.90 Å². The van der Waals surface area contributed by atoms with Crippen LogP contribution in [0.1, 0.15) is 28.7 Å². The van der Waals surface area contributed by atoms with Crippen molar-refractivity contribution < 1.29 is 9.90 Å². The van der Waals surface area contributed by atoms with Crippen molar-refractivity contribution in [2.45, 2.75) is 25.8 Å². The topological polar surface area (TPSA) is 84.4 Å². The molecule has 4 rings (SSSR count). The van der Waals surface area contributed by atoms with Crippen LogP contribution in [-0.2, 0) is 31.2 Å². The molecule has 0 saturated carbocycles. The summed E-state index contributed by atoms with van der Waals surface area (Å²) in [6, 6.07) is 16.4. The maximum atomic E-state index is 11.1. The van der Waals surface area contributed by atoms with Crippen LogP contribution in [0.5, 0.6) is 0 Å². The molecule has 160 valence electrons. The number of primary amides is 1. The fourth-order valence-corrected chi connectivity index (χ4v) is 4.19. The third-order valence-corrected chi connectivity index (χ3v) is 5.75. The predicted molar refractivity (Wildman–Crippen MR) is 122 cm³/mol. The van der Waals surface area contributed by atoms with Gasteiger partial charge in [-0.25, -0.2) is 0 Å². The van der Waals surface area contributed by atoms with Crippen molar-refractivity contribution in [1.29, 1.82) is 0 Å². The molecular formula is C25H28N4O2. The van der Waals surface area contributed by atoms with Crippen LogP contribution in [0.25, 0.3) is 17.3 Å². The van der Waals surface area contributed by atoms with Gasteiger partial charge in [-0.1, -0.05) is 48.5 Å². The van der Waals surface area contributed by atoms with Gasteiger partial charge >= 0.3 is 0 Å². The molecular weight excluding hydrogens is 388 g/mol.